The van der Waals surface area contributed by atoms with Crippen molar-refractivity contribution in [3.63, 3.8) is 0 Å². The maximum atomic E-state index is 5.24. The monoisotopic (exact) mass is 312 g/mol. The Hall–Kier alpha value is -1.18. The zero-order valence-corrected chi connectivity index (χ0v) is 11.3. The van der Waals surface area contributed by atoms with Gasteiger partial charge in [0.25, 0.3) is 5.89 Å². The summed E-state index contributed by atoms with van der Waals surface area (Å²) in [5.41, 5.74) is 0.786. The van der Waals surface area contributed by atoms with E-state index < -0.39 is 0 Å². The smallest absolute Gasteiger partial charge is 0.262 e. The van der Waals surface area contributed by atoms with Gasteiger partial charge in [-0.1, -0.05) is 5.16 Å². The average molecular weight is 313 g/mol. The molecule has 0 saturated carbocycles. The van der Waals surface area contributed by atoms with Gasteiger partial charge in [-0.15, -0.1) is 0 Å². The summed E-state index contributed by atoms with van der Waals surface area (Å²) in [6.07, 6.45) is 1.58. The number of furan rings is 1. The molecule has 0 amide bonds. The van der Waals surface area contributed by atoms with Crippen LogP contribution in [0.15, 0.2) is 25.9 Å². The maximum absolute atomic E-state index is 5.24. The zero-order valence-electron chi connectivity index (χ0n) is 9.73. The second kappa shape index (κ2) is 5.21. The Kier molecular flexibility index (Phi) is 3.44. The Labute approximate surface area is 112 Å². The first-order valence-corrected chi connectivity index (χ1v) is 6.61. The van der Waals surface area contributed by atoms with E-state index >= 15 is 0 Å². The molecule has 0 atom stereocenters. The van der Waals surface area contributed by atoms with Gasteiger partial charge < -0.3 is 14.3 Å². The van der Waals surface area contributed by atoms with E-state index in [0.717, 1.165) is 38.3 Å². The van der Waals surface area contributed by atoms with Gasteiger partial charge in [0, 0.05) is 26.2 Å². The van der Waals surface area contributed by atoms with Crippen LogP contribution in [0.1, 0.15) is 5.82 Å². The van der Waals surface area contributed by atoms with E-state index in [2.05, 4.69) is 36.3 Å². The fourth-order valence-electron chi connectivity index (χ4n) is 1.94. The van der Waals surface area contributed by atoms with Crippen molar-refractivity contribution < 1.29 is 8.94 Å². The number of halogens is 1. The van der Waals surface area contributed by atoms with Gasteiger partial charge >= 0.3 is 0 Å². The predicted octanol–water partition coefficient (Wildman–Crippen LogP) is 1.50. The predicted molar refractivity (Wildman–Crippen MR) is 67.8 cm³/mol. The molecule has 7 heteroatoms. The molecule has 3 heterocycles. The molecule has 2 aromatic rings. The summed E-state index contributed by atoms with van der Waals surface area (Å²) >= 11 is 3.30. The van der Waals surface area contributed by atoms with Crippen molar-refractivity contribution in [2.45, 2.75) is 6.54 Å². The number of nitrogens with one attached hydrogen (secondary N) is 1. The van der Waals surface area contributed by atoms with E-state index in [4.69, 9.17) is 8.94 Å². The lowest BCUT2D eigenvalue weighted by molar-refractivity contribution is 0.225. The van der Waals surface area contributed by atoms with Gasteiger partial charge in [0.1, 0.15) is 0 Å². The molecule has 6 nitrogen and oxygen atoms in total. The van der Waals surface area contributed by atoms with Crippen molar-refractivity contribution in [3.8, 4) is 11.5 Å². The van der Waals surface area contributed by atoms with Crippen LogP contribution in [-0.2, 0) is 6.54 Å². The van der Waals surface area contributed by atoms with Crippen LogP contribution >= 0.6 is 15.9 Å². The van der Waals surface area contributed by atoms with Crippen molar-refractivity contribution in [1.82, 2.24) is 20.4 Å². The molecular weight excluding hydrogens is 300 g/mol. The number of aromatic nitrogens is 2. The number of nitrogens with zero attached hydrogens (tertiary/aromatic N) is 3. The molecule has 2 aromatic heterocycles. The number of piperazine rings is 1. The number of rotatable bonds is 3. The molecule has 1 saturated heterocycles. The molecule has 3 rings (SSSR count). The summed E-state index contributed by atoms with van der Waals surface area (Å²) in [7, 11) is 0. The van der Waals surface area contributed by atoms with Crippen LogP contribution in [0.2, 0.25) is 0 Å². The molecule has 0 unspecified atom stereocenters. The summed E-state index contributed by atoms with van der Waals surface area (Å²) in [6, 6.07) is 1.80. The Morgan fingerprint density at radius 3 is 2.94 bits per heavy atom. The number of hydrogen-bond acceptors (Lipinski definition) is 6. The molecule has 0 radical (unpaired) electrons. The lowest BCUT2D eigenvalue weighted by Crippen LogP contribution is -2.43. The molecule has 1 aliphatic heterocycles. The average Bonchev–Trinajstić information content (AvgIpc) is 2.99. The van der Waals surface area contributed by atoms with Gasteiger partial charge in [0.05, 0.1) is 18.4 Å². The first-order valence-electron chi connectivity index (χ1n) is 5.82. The van der Waals surface area contributed by atoms with Gasteiger partial charge in [-0.2, -0.15) is 4.98 Å². The van der Waals surface area contributed by atoms with Crippen molar-refractivity contribution in [3.05, 3.63) is 22.8 Å². The molecule has 1 N–H and O–H groups in total. The maximum Gasteiger partial charge on any atom is 0.262 e. The first kappa shape index (κ1) is 11.9. The first-order chi connectivity index (χ1) is 8.83. The molecule has 0 aliphatic carbocycles. The van der Waals surface area contributed by atoms with Gasteiger partial charge in [0.15, 0.2) is 10.5 Å². The summed E-state index contributed by atoms with van der Waals surface area (Å²) in [4.78, 5) is 6.68. The molecule has 18 heavy (non-hydrogen) atoms. The van der Waals surface area contributed by atoms with Crippen LogP contribution in [0, 0.1) is 0 Å². The highest BCUT2D eigenvalue weighted by Crippen LogP contribution is 2.27. The molecule has 0 aromatic carbocycles. The van der Waals surface area contributed by atoms with E-state index in [1.165, 1.54) is 0 Å². The third-order valence-electron chi connectivity index (χ3n) is 2.89. The molecule has 0 spiro atoms. The Balaban J connectivity index is 1.71. The van der Waals surface area contributed by atoms with Crippen LogP contribution in [0.25, 0.3) is 11.5 Å². The molecule has 96 valence electrons. The second-order valence-electron chi connectivity index (χ2n) is 4.15. The topological polar surface area (TPSA) is 67.3 Å². The summed E-state index contributed by atoms with van der Waals surface area (Å²) < 4.78 is 11.0. The highest BCUT2D eigenvalue weighted by atomic mass is 79.9. The van der Waals surface area contributed by atoms with E-state index in [1.54, 1.807) is 12.3 Å². The highest BCUT2D eigenvalue weighted by Gasteiger charge is 2.17. The lowest BCUT2D eigenvalue weighted by atomic mass is 10.3. The third-order valence-corrected chi connectivity index (χ3v) is 3.51. The van der Waals surface area contributed by atoms with Crippen molar-refractivity contribution in [2.75, 3.05) is 26.2 Å². The van der Waals surface area contributed by atoms with Gasteiger partial charge in [0.2, 0.25) is 0 Å². The minimum absolute atomic E-state index is 0.487. The van der Waals surface area contributed by atoms with Crippen molar-refractivity contribution in [2.24, 2.45) is 0 Å². The third kappa shape index (κ3) is 2.47. The van der Waals surface area contributed by atoms with E-state index in [1.807, 2.05) is 0 Å². The Bertz CT molecular complexity index is 519. The van der Waals surface area contributed by atoms with Gasteiger partial charge in [-0.05, 0) is 22.0 Å². The van der Waals surface area contributed by atoms with Crippen LogP contribution in [0.3, 0.4) is 0 Å². The van der Waals surface area contributed by atoms with Crippen molar-refractivity contribution >= 4 is 15.9 Å². The van der Waals surface area contributed by atoms with Gasteiger partial charge in [-0.25, -0.2) is 0 Å². The molecule has 1 fully saturated rings. The van der Waals surface area contributed by atoms with Crippen LogP contribution < -0.4 is 5.32 Å². The molecule has 1 aliphatic rings. The largest absolute Gasteiger partial charge is 0.457 e. The fraction of sp³-hybridized carbons (Fsp3) is 0.455. The standard InChI is InChI=1S/C11H13BrN4O2/c12-10-8(1-6-17-10)11-14-9(15-18-11)7-16-4-2-13-3-5-16/h1,6,13H,2-5,7H2. The van der Waals surface area contributed by atoms with E-state index in [0.29, 0.717) is 16.4 Å². The highest BCUT2D eigenvalue weighted by molar-refractivity contribution is 9.10. The minimum Gasteiger partial charge on any atom is -0.457 e. The van der Waals surface area contributed by atoms with Crippen molar-refractivity contribution in [1.29, 1.82) is 0 Å². The van der Waals surface area contributed by atoms with Gasteiger partial charge in [-0.3, -0.25) is 4.90 Å². The summed E-state index contributed by atoms with van der Waals surface area (Å²) in [6.45, 7) is 4.77. The molecular formula is C11H13BrN4O2. The number of hydrogen-bond donors (Lipinski definition) is 1. The normalized spacial score (nSPS) is 17.2. The Morgan fingerprint density at radius 1 is 1.39 bits per heavy atom. The van der Waals surface area contributed by atoms with Crippen LogP contribution in [0.4, 0.5) is 0 Å². The van der Waals surface area contributed by atoms with E-state index in [-0.39, 0.29) is 0 Å². The van der Waals surface area contributed by atoms with Crippen LogP contribution in [-0.4, -0.2) is 41.2 Å². The quantitative estimate of drug-likeness (QED) is 0.926. The zero-order chi connectivity index (χ0) is 12.4. The van der Waals surface area contributed by atoms with E-state index in [9.17, 15) is 0 Å². The van der Waals surface area contributed by atoms with Crippen LogP contribution in [0.5, 0.6) is 0 Å². The summed E-state index contributed by atoms with van der Waals surface area (Å²) in [5.74, 6) is 1.20. The fourth-order valence-corrected chi connectivity index (χ4v) is 2.35. The Morgan fingerprint density at radius 2 is 2.22 bits per heavy atom. The molecule has 0 bridgehead atoms. The lowest BCUT2D eigenvalue weighted by Gasteiger charge is -2.25. The SMILES string of the molecule is Brc1occc1-c1nc(CN2CCNCC2)no1. The summed E-state index contributed by atoms with van der Waals surface area (Å²) in [5, 5.41) is 7.31. The second-order valence-corrected chi connectivity index (χ2v) is 4.87. The minimum atomic E-state index is 0.487.